The van der Waals surface area contributed by atoms with Crippen molar-refractivity contribution in [3.63, 3.8) is 0 Å². The molecule has 1 unspecified atom stereocenters. The average molecular weight is 537 g/mol. The van der Waals surface area contributed by atoms with Gasteiger partial charge in [0.2, 0.25) is 0 Å². The lowest BCUT2D eigenvalue weighted by Crippen LogP contribution is -2.38. The molecule has 1 aliphatic rings. The molecule has 2 aromatic rings. The number of carbonyl (C=O) groups excluding carboxylic acids is 2. The lowest BCUT2D eigenvalue weighted by Gasteiger charge is -2.28. The van der Waals surface area contributed by atoms with Crippen molar-refractivity contribution in [2.45, 2.75) is 46.8 Å². The van der Waals surface area contributed by atoms with Crippen LogP contribution in [0.5, 0.6) is 17.2 Å². The van der Waals surface area contributed by atoms with E-state index in [1.54, 1.807) is 36.4 Å². The predicted molar refractivity (Wildman–Crippen MR) is 152 cm³/mol. The van der Waals surface area contributed by atoms with E-state index in [-0.39, 0.29) is 17.4 Å². The van der Waals surface area contributed by atoms with Gasteiger partial charge in [-0.1, -0.05) is 32.6 Å². The second-order valence-electron chi connectivity index (χ2n) is 9.67. The number of carbonyl (C=O) groups is 2. The number of likely N-dealkylation sites (N-methyl/N-ethyl adjacent to an activating group) is 1. The maximum atomic E-state index is 13.5. The summed E-state index contributed by atoms with van der Waals surface area (Å²) in [6, 6.07) is 9.77. The number of ether oxygens (including phenoxy) is 3. The zero-order valence-corrected chi connectivity index (χ0v) is 23.8. The molecule has 0 radical (unpaired) electrons. The number of Topliss-reactive ketones (excluding diaryl/α,β-unsaturated/α-hetero) is 1. The van der Waals surface area contributed by atoms with E-state index in [4.69, 9.17) is 14.2 Å². The van der Waals surface area contributed by atoms with Gasteiger partial charge >= 0.3 is 0 Å². The Morgan fingerprint density at radius 1 is 1.13 bits per heavy atom. The molecule has 39 heavy (non-hydrogen) atoms. The predicted octanol–water partition coefficient (Wildman–Crippen LogP) is 5.12. The smallest absolute Gasteiger partial charge is 0.295 e. The summed E-state index contributed by atoms with van der Waals surface area (Å²) < 4.78 is 17.0. The number of rotatable bonds is 13. The molecule has 0 spiro atoms. The molecule has 2 aromatic carbocycles. The fourth-order valence-electron chi connectivity index (χ4n) is 4.76. The standard InChI is InChI=1S/C31H40N2O6/c1-8-17-38-25-14-11-22(19-26(25)37-7)28-27(30(35)31(36)33(28)16-15-32(9-2)10-3)29(34)24-13-12-23(18-21(24)6)39-20(4)5/h8,11-14,18-20,28,34H,1,9-10,15-17H2,2-7H3. The van der Waals surface area contributed by atoms with Gasteiger partial charge in [0.25, 0.3) is 11.7 Å². The number of hydrogen-bond donors (Lipinski definition) is 1. The first-order valence-electron chi connectivity index (χ1n) is 13.4. The number of aliphatic hydroxyl groups excluding tert-OH is 1. The van der Waals surface area contributed by atoms with Gasteiger partial charge in [0, 0.05) is 18.7 Å². The Morgan fingerprint density at radius 3 is 2.44 bits per heavy atom. The molecular weight excluding hydrogens is 496 g/mol. The highest BCUT2D eigenvalue weighted by atomic mass is 16.5. The van der Waals surface area contributed by atoms with E-state index in [0.29, 0.717) is 48.1 Å². The van der Waals surface area contributed by atoms with Gasteiger partial charge in [0.05, 0.1) is 24.8 Å². The summed E-state index contributed by atoms with van der Waals surface area (Å²) in [4.78, 5) is 30.6. The van der Waals surface area contributed by atoms with Crippen molar-refractivity contribution < 1.29 is 28.9 Å². The van der Waals surface area contributed by atoms with E-state index in [9.17, 15) is 14.7 Å². The van der Waals surface area contributed by atoms with Gasteiger partial charge in [-0.05, 0) is 75.3 Å². The van der Waals surface area contributed by atoms with Crippen LogP contribution in [0.4, 0.5) is 0 Å². The van der Waals surface area contributed by atoms with Crippen LogP contribution in [0.15, 0.2) is 54.6 Å². The fourth-order valence-corrected chi connectivity index (χ4v) is 4.76. The van der Waals surface area contributed by atoms with Crippen LogP contribution in [0.25, 0.3) is 5.76 Å². The van der Waals surface area contributed by atoms with E-state index in [1.165, 1.54) is 12.0 Å². The van der Waals surface area contributed by atoms with Crippen LogP contribution in [-0.4, -0.2) is 72.6 Å². The third-order valence-corrected chi connectivity index (χ3v) is 6.78. The fraction of sp³-hybridized carbons (Fsp3) is 0.419. The van der Waals surface area contributed by atoms with Crippen molar-refractivity contribution in [3.8, 4) is 17.2 Å². The number of aryl methyl sites for hydroxylation is 1. The number of likely N-dealkylation sites (tertiary alicyclic amines) is 1. The molecule has 0 bridgehead atoms. The lowest BCUT2D eigenvalue weighted by atomic mass is 9.93. The van der Waals surface area contributed by atoms with Crippen LogP contribution in [0.1, 0.15) is 50.4 Å². The minimum atomic E-state index is -0.797. The quantitative estimate of drug-likeness (QED) is 0.165. The first kappa shape index (κ1) is 29.8. The number of ketones is 1. The highest BCUT2D eigenvalue weighted by Crippen LogP contribution is 2.42. The molecule has 0 aromatic heterocycles. The number of methoxy groups -OCH3 is 1. The highest BCUT2D eigenvalue weighted by Gasteiger charge is 2.46. The Labute approximate surface area is 231 Å². The number of nitrogens with zero attached hydrogens (tertiary/aromatic N) is 2. The lowest BCUT2D eigenvalue weighted by molar-refractivity contribution is -0.140. The van der Waals surface area contributed by atoms with Crippen LogP contribution in [0, 0.1) is 6.92 Å². The number of amides is 1. The topological polar surface area (TPSA) is 88.5 Å². The minimum absolute atomic E-state index is 0.00612. The summed E-state index contributed by atoms with van der Waals surface area (Å²) in [6.07, 6.45) is 1.63. The Hall–Kier alpha value is -3.78. The number of benzene rings is 2. The van der Waals surface area contributed by atoms with Gasteiger partial charge in [-0.3, -0.25) is 9.59 Å². The average Bonchev–Trinajstić information content (AvgIpc) is 3.16. The summed E-state index contributed by atoms with van der Waals surface area (Å²) in [6.45, 7) is 16.3. The molecule has 1 saturated heterocycles. The van der Waals surface area contributed by atoms with E-state index < -0.39 is 17.7 Å². The molecule has 1 aliphatic heterocycles. The highest BCUT2D eigenvalue weighted by molar-refractivity contribution is 6.46. The van der Waals surface area contributed by atoms with Crippen molar-refractivity contribution in [1.29, 1.82) is 0 Å². The van der Waals surface area contributed by atoms with Gasteiger partial charge in [-0.15, -0.1) is 0 Å². The molecule has 1 N–H and O–H groups in total. The molecule has 8 nitrogen and oxygen atoms in total. The summed E-state index contributed by atoms with van der Waals surface area (Å²) in [5.74, 6) is 0.0493. The van der Waals surface area contributed by atoms with Gasteiger partial charge in [-0.2, -0.15) is 0 Å². The van der Waals surface area contributed by atoms with Crippen molar-refractivity contribution in [1.82, 2.24) is 9.80 Å². The van der Waals surface area contributed by atoms with Crippen molar-refractivity contribution >= 4 is 17.4 Å². The Balaban J connectivity index is 2.15. The molecule has 8 heteroatoms. The van der Waals surface area contributed by atoms with Gasteiger partial charge in [0.15, 0.2) is 11.5 Å². The van der Waals surface area contributed by atoms with Crippen LogP contribution in [0.3, 0.4) is 0 Å². The van der Waals surface area contributed by atoms with Crippen molar-refractivity contribution in [2.75, 3.05) is 39.9 Å². The van der Waals surface area contributed by atoms with Crippen molar-refractivity contribution in [2.24, 2.45) is 0 Å². The summed E-state index contributed by atoms with van der Waals surface area (Å²) in [5, 5.41) is 11.5. The minimum Gasteiger partial charge on any atom is -0.507 e. The molecular formula is C31H40N2O6. The third-order valence-electron chi connectivity index (χ3n) is 6.78. The normalized spacial score (nSPS) is 16.7. The largest absolute Gasteiger partial charge is 0.507 e. The second kappa shape index (κ2) is 13.3. The zero-order chi connectivity index (χ0) is 28.7. The van der Waals surface area contributed by atoms with Gasteiger partial charge < -0.3 is 29.1 Å². The number of aliphatic hydroxyl groups is 1. The second-order valence-corrected chi connectivity index (χ2v) is 9.67. The monoisotopic (exact) mass is 536 g/mol. The van der Waals surface area contributed by atoms with E-state index in [0.717, 1.165) is 18.7 Å². The molecule has 3 rings (SSSR count). The Morgan fingerprint density at radius 2 is 1.85 bits per heavy atom. The van der Waals surface area contributed by atoms with E-state index in [2.05, 4.69) is 25.3 Å². The summed E-state index contributed by atoms with van der Waals surface area (Å²) >= 11 is 0. The maximum absolute atomic E-state index is 13.5. The third kappa shape index (κ3) is 6.63. The van der Waals surface area contributed by atoms with Crippen LogP contribution in [-0.2, 0) is 9.59 Å². The molecule has 1 amide bonds. The van der Waals surface area contributed by atoms with E-state index >= 15 is 0 Å². The van der Waals surface area contributed by atoms with Crippen molar-refractivity contribution in [3.05, 3.63) is 71.3 Å². The maximum Gasteiger partial charge on any atom is 0.295 e. The summed E-state index contributed by atoms with van der Waals surface area (Å²) in [7, 11) is 1.53. The number of hydrogen-bond acceptors (Lipinski definition) is 7. The van der Waals surface area contributed by atoms with E-state index in [1.807, 2.05) is 26.8 Å². The van der Waals surface area contributed by atoms with Crippen LogP contribution >= 0.6 is 0 Å². The molecule has 0 aliphatic carbocycles. The molecule has 1 atom stereocenters. The van der Waals surface area contributed by atoms with Crippen LogP contribution < -0.4 is 14.2 Å². The molecule has 0 saturated carbocycles. The molecule has 1 fully saturated rings. The zero-order valence-electron chi connectivity index (χ0n) is 23.8. The first-order chi connectivity index (χ1) is 18.7. The first-order valence-corrected chi connectivity index (χ1v) is 13.4. The van der Waals surface area contributed by atoms with Crippen LogP contribution in [0.2, 0.25) is 0 Å². The summed E-state index contributed by atoms with van der Waals surface area (Å²) in [5.41, 5.74) is 1.87. The van der Waals surface area contributed by atoms with Gasteiger partial charge in [0.1, 0.15) is 18.1 Å². The Kier molecular flexibility index (Phi) is 10.2. The molecule has 1 heterocycles. The SMILES string of the molecule is C=CCOc1ccc(C2C(=C(O)c3ccc(OC(C)C)cc3C)C(=O)C(=O)N2CCN(CC)CC)cc1OC. The van der Waals surface area contributed by atoms with Gasteiger partial charge in [-0.25, -0.2) is 0 Å². The Bertz CT molecular complexity index is 1230. The molecule has 210 valence electrons.